The van der Waals surface area contributed by atoms with Gasteiger partial charge in [0.15, 0.2) is 0 Å². The molecule has 1 aromatic rings. The number of hydrogen-bond acceptors (Lipinski definition) is 10. The summed E-state index contributed by atoms with van der Waals surface area (Å²) in [7, 11) is 1.22. The molecule has 0 aliphatic carbocycles. The molecule has 0 unspecified atom stereocenters. The van der Waals surface area contributed by atoms with Crippen LogP contribution < -0.4 is 21.7 Å². The summed E-state index contributed by atoms with van der Waals surface area (Å²) in [6.45, 7) is 5.84. The maximum Gasteiger partial charge on any atom is 0.330 e. The summed E-state index contributed by atoms with van der Waals surface area (Å²) in [4.78, 5) is 90.3. The van der Waals surface area contributed by atoms with Crippen molar-refractivity contribution >= 4 is 41.5 Å². The fraction of sp³-hybridized carbons (Fsp3) is 0.581. The molecule has 0 bridgehead atoms. The molecule has 1 aliphatic rings. The molecule has 254 valence electrons. The van der Waals surface area contributed by atoms with Crippen LogP contribution in [-0.2, 0) is 38.2 Å². The van der Waals surface area contributed by atoms with Crippen molar-refractivity contribution in [2.45, 2.75) is 89.9 Å². The van der Waals surface area contributed by atoms with Crippen molar-refractivity contribution in [3.05, 3.63) is 36.3 Å². The summed E-state index contributed by atoms with van der Waals surface area (Å²) in [6.07, 6.45) is 6.17. The van der Waals surface area contributed by atoms with E-state index in [0.717, 1.165) is 0 Å². The zero-order chi connectivity index (χ0) is 34.2. The second-order valence-electron chi connectivity index (χ2n) is 11.2. The predicted octanol–water partition coefficient (Wildman–Crippen LogP) is 0.723. The Morgan fingerprint density at radius 3 is 2.41 bits per heavy atom. The molecule has 1 aromatic heterocycles. The maximum atomic E-state index is 13.8. The van der Waals surface area contributed by atoms with Crippen molar-refractivity contribution in [2.24, 2.45) is 11.7 Å². The number of nitrogens with zero attached hydrogens (tertiary/aromatic N) is 1. The Morgan fingerprint density at radius 2 is 1.80 bits per heavy atom. The first-order valence-electron chi connectivity index (χ1n) is 15.3. The number of nitrogens with two attached hydrogens (primary N) is 1. The number of furan rings is 1. The average Bonchev–Trinajstić information content (AvgIpc) is 3.72. The predicted molar refractivity (Wildman–Crippen MR) is 163 cm³/mol. The molecule has 0 saturated carbocycles. The molecular weight excluding hydrogens is 602 g/mol. The molecule has 1 aliphatic heterocycles. The minimum atomic E-state index is -1.26. The summed E-state index contributed by atoms with van der Waals surface area (Å²) in [5, 5.41) is 7.92. The van der Waals surface area contributed by atoms with Gasteiger partial charge in [-0.05, 0) is 57.4 Å². The Morgan fingerprint density at radius 1 is 1.07 bits per heavy atom. The van der Waals surface area contributed by atoms with Crippen molar-refractivity contribution in [3.63, 3.8) is 0 Å². The number of carbonyl (C=O) groups is 7. The molecule has 15 nitrogen and oxygen atoms in total. The van der Waals surface area contributed by atoms with Crippen LogP contribution in [0.2, 0.25) is 0 Å². The summed E-state index contributed by atoms with van der Waals surface area (Å²) >= 11 is 0. The lowest BCUT2D eigenvalue weighted by Crippen LogP contribution is -2.57. The Labute approximate surface area is 267 Å². The highest BCUT2D eigenvalue weighted by molar-refractivity contribution is 5.99. The minimum Gasteiger partial charge on any atom is -0.472 e. The number of allylic oxidation sites excluding steroid dienone is 1. The van der Waals surface area contributed by atoms with E-state index in [-0.39, 0.29) is 50.3 Å². The van der Waals surface area contributed by atoms with E-state index in [1.54, 1.807) is 6.92 Å². The Kier molecular flexibility index (Phi) is 15.5. The summed E-state index contributed by atoms with van der Waals surface area (Å²) in [5.74, 6) is -4.30. The van der Waals surface area contributed by atoms with Gasteiger partial charge in [-0.1, -0.05) is 19.9 Å². The van der Waals surface area contributed by atoms with Crippen molar-refractivity contribution in [3.8, 4) is 0 Å². The third kappa shape index (κ3) is 12.0. The zero-order valence-corrected chi connectivity index (χ0v) is 26.7. The summed E-state index contributed by atoms with van der Waals surface area (Å²) < 4.78 is 14.6. The van der Waals surface area contributed by atoms with Gasteiger partial charge in [-0.2, -0.15) is 0 Å². The molecule has 2 rings (SSSR count). The lowest BCUT2D eigenvalue weighted by atomic mass is 10.0. The van der Waals surface area contributed by atoms with Crippen molar-refractivity contribution in [2.75, 3.05) is 20.3 Å². The van der Waals surface area contributed by atoms with Crippen LogP contribution >= 0.6 is 0 Å². The molecule has 2 heterocycles. The van der Waals surface area contributed by atoms with E-state index in [1.165, 1.54) is 42.8 Å². The quantitative estimate of drug-likeness (QED) is 0.129. The van der Waals surface area contributed by atoms with Gasteiger partial charge < -0.3 is 40.5 Å². The lowest BCUT2D eigenvalue weighted by molar-refractivity contribution is -0.147. The number of esters is 2. The van der Waals surface area contributed by atoms with Crippen LogP contribution in [0.4, 0.5) is 0 Å². The molecule has 46 heavy (non-hydrogen) atoms. The molecular formula is C31H45N5O10. The molecule has 0 aromatic carbocycles. The maximum absolute atomic E-state index is 13.8. The number of rotatable bonds is 18. The molecule has 0 spiro atoms. The van der Waals surface area contributed by atoms with Crippen LogP contribution in [0.1, 0.15) is 76.1 Å². The number of likely N-dealkylation sites (tertiary alicyclic amines) is 1. The standard InChI is InChI=1S/C31H45N5O10/c1-5-46-26(38)11-7-6-9-21(33-27(39)20-14-16-45-18-20)28(40)34-22(12-13-25(32)37)30(42)36-15-8-10-24(36)29(41)35-23(17-19(2)3)31(43)44-4/h7,11,14,16,18-19,21-24H,5-6,8-10,12-13,15,17H2,1-4H3,(H2,32,37)(H,33,39)(H,34,40)(H,35,41)/b11-7-/t21-,22-,23-,24-/m0/s1. The van der Waals surface area contributed by atoms with Crippen LogP contribution in [0.15, 0.2) is 35.2 Å². The largest absolute Gasteiger partial charge is 0.472 e. The molecule has 1 saturated heterocycles. The number of primary amides is 1. The zero-order valence-electron chi connectivity index (χ0n) is 26.7. The molecule has 5 amide bonds. The smallest absolute Gasteiger partial charge is 0.330 e. The number of ether oxygens (including phenoxy) is 2. The van der Waals surface area contributed by atoms with Gasteiger partial charge in [0.05, 0.1) is 25.5 Å². The second-order valence-corrected chi connectivity index (χ2v) is 11.2. The Hall–Kier alpha value is -4.69. The molecule has 0 radical (unpaired) electrons. The van der Waals surface area contributed by atoms with Crippen LogP contribution in [0.25, 0.3) is 0 Å². The summed E-state index contributed by atoms with van der Waals surface area (Å²) in [5.41, 5.74) is 5.51. The number of carbonyl (C=O) groups excluding carboxylic acids is 7. The van der Waals surface area contributed by atoms with Crippen molar-refractivity contribution in [1.29, 1.82) is 0 Å². The summed E-state index contributed by atoms with van der Waals surface area (Å²) in [6, 6.07) is -2.84. The van der Waals surface area contributed by atoms with E-state index < -0.39 is 65.6 Å². The van der Waals surface area contributed by atoms with E-state index in [0.29, 0.717) is 19.3 Å². The fourth-order valence-corrected chi connectivity index (χ4v) is 4.95. The first kappa shape index (κ1) is 37.5. The monoisotopic (exact) mass is 647 g/mol. The van der Waals surface area contributed by atoms with Gasteiger partial charge in [0.2, 0.25) is 23.6 Å². The molecule has 1 fully saturated rings. The first-order valence-corrected chi connectivity index (χ1v) is 15.3. The van der Waals surface area contributed by atoms with Crippen LogP contribution in [0, 0.1) is 5.92 Å². The van der Waals surface area contributed by atoms with Crippen LogP contribution in [-0.4, -0.2) is 90.8 Å². The normalized spacial score (nSPS) is 16.4. The van der Waals surface area contributed by atoms with Gasteiger partial charge in [0.1, 0.15) is 30.4 Å². The van der Waals surface area contributed by atoms with E-state index in [9.17, 15) is 33.6 Å². The van der Waals surface area contributed by atoms with E-state index in [1.807, 2.05) is 13.8 Å². The first-order chi connectivity index (χ1) is 21.9. The van der Waals surface area contributed by atoms with Gasteiger partial charge >= 0.3 is 11.9 Å². The third-order valence-electron chi connectivity index (χ3n) is 7.21. The van der Waals surface area contributed by atoms with Gasteiger partial charge in [0, 0.05) is 19.0 Å². The molecule has 5 N–H and O–H groups in total. The Balaban J connectivity index is 2.25. The minimum absolute atomic E-state index is 0.0432. The van der Waals surface area contributed by atoms with Gasteiger partial charge in [0.25, 0.3) is 5.91 Å². The van der Waals surface area contributed by atoms with Gasteiger partial charge in [-0.25, -0.2) is 9.59 Å². The van der Waals surface area contributed by atoms with E-state index in [2.05, 4.69) is 16.0 Å². The SMILES string of the molecule is CCOC(=O)/C=C\CC[C@H](NC(=O)c1ccoc1)C(=O)N[C@@H](CCC(N)=O)C(=O)N1CCC[C@H]1C(=O)N[C@@H](CC(C)C)C(=O)OC. The average molecular weight is 648 g/mol. The van der Waals surface area contributed by atoms with Crippen LogP contribution in [0.5, 0.6) is 0 Å². The van der Waals surface area contributed by atoms with E-state index >= 15 is 0 Å². The van der Waals surface area contributed by atoms with Gasteiger partial charge in [-0.3, -0.25) is 24.0 Å². The highest BCUT2D eigenvalue weighted by atomic mass is 16.5. The van der Waals surface area contributed by atoms with Gasteiger partial charge in [-0.15, -0.1) is 0 Å². The number of methoxy groups -OCH3 is 1. The van der Waals surface area contributed by atoms with E-state index in [4.69, 9.17) is 19.6 Å². The fourth-order valence-electron chi connectivity index (χ4n) is 4.95. The molecule has 15 heteroatoms. The highest BCUT2D eigenvalue weighted by Gasteiger charge is 2.39. The van der Waals surface area contributed by atoms with Crippen molar-refractivity contribution < 1.29 is 47.5 Å². The number of hydrogen-bond donors (Lipinski definition) is 4. The second kappa shape index (κ2) is 19.0. The third-order valence-corrected chi connectivity index (χ3v) is 7.21. The number of nitrogens with one attached hydrogen (secondary N) is 3. The molecule has 4 atom stereocenters. The Bertz CT molecular complexity index is 1250. The lowest BCUT2D eigenvalue weighted by Gasteiger charge is -2.30. The highest BCUT2D eigenvalue weighted by Crippen LogP contribution is 2.21. The topological polar surface area (TPSA) is 216 Å². The van der Waals surface area contributed by atoms with Crippen molar-refractivity contribution in [1.82, 2.24) is 20.9 Å². The number of amides is 5. The van der Waals surface area contributed by atoms with Crippen LogP contribution in [0.3, 0.4) is 0 Å².